The summed E-state index contributed by atoms with van der Waals surface area (Å²) in [5.41, 5.74) is 0. The quantitative estimate of drug-likeness (QED) is 0.496. The predicted octanol–water partition coefficient (Wildman–Crippen LogP) is 0.190. The van der Waals surface area contributed by atoms with E-state index >= 15 is 0 Å². The van der Waals surface area contributed by atoms with E-state index in [0.717, 1.165) is 4.90 Å². The zero-order valence-corrected chi connectivity index (χ0v) is 9.15. The average Bonchev–Trinajstić information content (AvgIpc) is 2.36. The molecule has 1 heterocycles. The zero-order valence-electron chi connectivity index (χ0n) is 9.15. The minimum Gasteiger partial charge on any atom is -0.465 e. The normalized spacial score (nSPS) is 25.9. The van der Waals surface area contributed by atoms with Gasteiger partial charge in [-0.2, -0.15) is 0 Å². The summed E-state index contributed by atoms with van der Waals surface area (Å²) >= 11 is 0. The lowest BCUT2D eigenvalue weighted by atomic mass is 10.00. The molecule has 5 nitrogen and oxygen atoms in total. The molecule has 0 aromatic carbocycles. The lowest BCUT2D eigenvalue weighted by molar-refractivity contribution is -0.152. The van der Waals surface area contributed by atoms with Gasteiger partial charge in [0.2, 0.25) is 11.8 Å². The summed E-state index contributed by atoms with van der Waals surface area (Å²) in [6.45, 7) is 5.04. The van der Waals surface area contributed by atoms with Gasteiger partial charge in [0.1, 0.15) is 6.54 Å². The lowest BCUT2D eigenvalue weighted by Crippen LogP contribution is -2.36. The maximum Gasteiger partial charge on any atom is 0.326 e. The van der Waals surface area contributed by atoms with Gasteiger partial charge in [-0.3, -0.25) is 19.3 Å². The second-order valence-electron chi connectivity index (χ2n) is 3.64. The van der Waals surface area contributed by atoms with E-state index in [9.17, 15) is 14.4 Å². The van der Waals surface area contributed by atoms with Crippen LogP contribution in [0.5, 0.6) is 0 Å². The Labute approximate surface area is 88.4 Å². The molecule has 0 saturated carbocycles. The van der Waals surface area contributed by atoms with E-state index in [1.54, 1.807) is 20.8 Å². The van der Waals surface area contributed by atoms with Gasteiger partial charge in [-0.1, -0.05) is 13.8 Å². The van der Waals surface area contributed by atoms with Crippen LogP contribution in [0.3, 0.4) is 0 Å². The van der Waals surface area contributed by atoms with Crippen LogP contribution in [0.15, 0.2) is 0 Å². The molecule has 0 spiro atoms. The first-order valence-corrected chi connectivity index (χ1v) is 4.99. The molecule has 0 aromatic rings. The molecule has 0 N–H and O–H groups in total. The fraction of sp³-hybridized carbons (Fsp3) is 0.700. The van der Waals surface area contributed by atoms with E-state index in [0.29, 0.717) is 0 Å². The van der Waals surface area contributed by atoms with Gasteiger partial charge in [0.05, 0.1) is 6.61 Å². The smallest absolute Gasteiger partial charge is 0.326 e. The van der Waals surface area contributed by atoms with E-state index in [1.165, 1.54) is 0 Å². The topological polar surface area (TPSA) is 63.7 Å². The Balaban J connectivity index is 2.67. The SMILES string of the molecule is CCOC(=O)CN1C(=O)C(C)C(C)C1=O. The fourth-order valence-corrected chi connectivity index (χ4v) is 1.52. The standard InChI is InChI=1S/C10H15NO4/c1-4-15-8(12)5-11-9(13)6(2)7(3)10(11)14/h6-7H,4-5H2,1-3H3. The molecule has 84 valence electrons. The van der Waals surface area contributed by atoms with Crippen molar-refractivity contribution in [2.45, 2.75) is 20.8 Å². The van der Waals surface area contributed by atoms with Crippen molar-refractivity contribution >= 4 is 17.8 Å². The number of amides is 2. The van der Waals surface area contributed by atoms with Crippen molar-refractivity contribution in [3.8, 4) is 0 Å². The molecule has 2 atom stereocenters. The molecule has 15 heavy (non-hydrogen) atoms. The van der Waals surface area contributed by atoms with Crippen molar-refractivity contribution in [3.63, 3.8) is 0 Å². The van der Waals surface area contributed by atoms with E-state index in [4.69, 9.17) is 0 Å². The Bertz CT molecular complexity index is 280. The van der Waals surface area contributed by atoms with Gasteiger partial charge in [-0.15, -0.1) is 0 Å². The number of esters is 1. The third-order valence-corrected chi connectivity index (χ3v) is 2.65. The van der Waals surface area contributed by atoms with Crippen molar-refractivity contribution in [2.24, 2.45) is 11.8 Å². The van der Waals surface area contributed by atoms with Crippen LogP contribution in [-0.2, 0) is 19.1 Å². The fourth-order valence-electron chi connectivity index (χ4n) is 1.52. The van der Waals surface area contributed by atoms with Gasteiger partial charge in [-0.25, -0.2) is 0 Å². The molecular formula is C10H15NO4. The summed E-state index contributed by atoms with van der Waals surface area (Å²) in [7, 11) is 0. The number of carbonyl (C=O) groups is 3. The van der Waals surface area contributed by atoms with Crippen molar-refractivity contribution in [1.82, 2.24) is 4.90 Å². The highest BCUT2D eigenvalue weighted by atomic mass is 16.5. The van der Waals surface area contributed by atoms with Gasteiger partial charge in [0.25, 0.3) is 0 Å². The molecule has 1 aliphatic rings. The van der Waals surface area contributed by atoms with Crippen LogP contribution in [0, 0.1) is 11.8 Å². The Morgan fingerprint density at radius 3 is 2.13 bits per heavy atom. The number of hydrogen-bond acceptors (Lipinski definition) is 4. The highest BCUT2D eigenvalue weighted by Crippen LogP contribution is 2.24. The molecule has 1 aliphatic heterocycles. The van der Waals surface area contributed by atoms with E-state index in [-0.39, 0.29) is 36.8 Å². The maximum absolute atomic E-state index is 11.6. The van der Waals surface area contributed by atoms with Crippen LogP contribution in [0.1, 0.15) is 20.8 Å². The summed E-state index contributed by atoms with van der Waals surface area (Å²) in [6, 6.07) is 0. The number of ether oxygens (including phenoxy) is 1. The van der Waals surface area contributed by atoms with Crippen LogP contribution in [0.25, 0.3) is 0 Å². The minimum absolute atomic E-state index is 0.250. The number of likely N-dealkylation sites (tertiary alicyclic amines) is 1. The van der Waals surface area contributed by atoms with Crippen molar-refractivity contribution in [2.75, 3.05) is 13.2 Å². The molecule has 2 amide bonds. The van der Waals surface area contributed by atoms with Crippen LogP contribution in [-0.4, -0.2) is 35.8 Å². The molecule has 1 saturated heterocycles. The van der Waals surface area contributed by atoms with Crippen LogP contribution < -0.4 is 0 Å². The maximum atomic E-state index is 11.6. The van der Waals surface area contributed by atoms with E-state index in [2.05, 4.69) is 4.74 Å². The number of carbonyl (C=O) groups excluding carboxylic acids is 3. The summed E-state index contributed by atoms with van der Waals surface area (Å²) in [4.78, 5) is 35.2. The second-order valence-corrected chi connectivity index (χ2v) is 3.64. The Hall–Kier alpha value is -1.39. The van der Waals surface area contributed by atoms with Gasteiger partial charge in [0.15, 0.2) is 0 Å². The Morgan fingerprint density at radius 1 is 1.27 bits per heavy atom. The Morgan fingerprint density at radius 2 is 1.73 bits per heavy atom. The molecular weight excluding hydrogens is 198 g/mol. The van der Waals surface area contributed by atoms with Gasteiger partial charge in [-0.05, 0) is 6.92 Å². The molecule has 0 aliphatic carbocycles. The number of hydrogen-bond donors (Lipinski definition) is 0. The van der Waals surface area contributed by atoms with Gasteiger partial charge >= 0.3 is 5.97 Å². The number of rotatable bonds is 3. The molecule has 0 bridgehead atoms. The third-order valence-electron chi connectivity index (χ3n) is 2.65. The molecule has 0 aromatic heterocycles. The monoisotopic (exact) mass is 213 g/mol. The van der Waals surface area contributed by atoms with Crippen LogP contribution in [0.2, 0.25) is 0 Å². The number of imide groups is 1. The van der Waals surface area contributed by atoms with Crippen molar-refractivity contribution in [3.05, 3.63) is 0 Å². The van der Waals surface area contributed by atoms with Gasteiger partial charge < -0.3 is 4.74 Å². The lowest BCUT2D eigenvalue weighted by Gasteiger charge is -2.12. The highest BCUT2D eigenvalue weighted by molar-refractivity contribution is 6.06. The number of nitrogens with zero attached hydrogens (tertiary/aromatic N) is 1. The van der Waals surface area contributed by atoms with Crippen LogP contribution in [0.4, 0.5) is 0 Å². The zero-order chi connectivity index (χ0) is 11.6. The molecule has 2 unspecified atom stereocenters. The minimum atomic E-state index is -0.541. The van der Waals surface area contributed by atoms with Crippen molar-refractivity contribution in [1.29, 1.82) is 0 Å². The Kier molecular flexibility index (Phi) is 3.44. The largest absolute Gasteiger partial charge is 0.465 e. The first-order valence-electron chi connectivity index (χ1n) is 4.99. The summed E-state index contributed by atoms with van der Waals surface area (Å²) in [6.07, 6.45) is 0. The first kappa shape index (κ1) is 11.7. The average molecular weight is 213 g/mol. The third kappa shape index (κ3) is 2.16. The molecule has 1 rings (SSSR count). The van der Waals surface area contributed by atoms with E-state index < -0.39 is 5.97 Å². The summed E-state index contributed by atoms with van der Waals surface area (Å²) in [5.74, 6) is -1.81. The summed E-state index contributed by atoms with van der Waals surface area (Å²) in [5, 5.41) is 0. The second kappa shape index (κ2) is 4.42. The van der Waals surface area contributed by atoms with E-state index in [1.807, 2.05) is 0 Å². The first-order chi connectivity index (χ1) is 6.99. The molecule has 0 radical (unpaired) electrons. The van der Waals surface area contributed by atoms with Crippen LogP contribution >= 0.6 is 0 Å². The van der Waals surface area contributed by atoms with Crippen molar-refractivity contribution < 1.29 is 19.1 Å². The van der Waals surface area contributed by atoms with Gasteiger partial charge in [0, 0.05) is 11.8 Å². The highest BCUT2D eigenvalue weighted by Gasteiger charge is 2.43. The molecule has 5 heteroatoms. The predicted molar refractivity (Wildman–Crippen MR) is 51.7 cm³/mol. The summed E-state index contributed by atoms with van der Waals surface area (Å²) < 4.78 is 4.69. The molecule has 1 fully saturated rings.